The van der Waals surface area contributed by atoms with Gasteiger partial charge in [-0.05, 0) is 30.5 Å². The van der Waals surface area contributed by atoms with Gasteiger partial charge < -0.3 is 18.8 Å². The highest BCUT2D eigenvalue weighted by molar-refractivity contribution is 7.99. The van der Waals surface area contributed by atoms with Gasteiger partial charge in [-0.2, -0.15) is 0 Å². The van der Waals surface area contributed by atoms with Crippen molar-refractivity contribution in [3.05, 3.63) is 18.2 Å². The molecule has 1 aromatic heterocycles. The predicted molar refractivity (Wildman–Crippen MR) is 117 cm³/mol. The van der Waals surface area contributed by atoms with Crippen molar-refractivity contribution in [1.82, 2.24) is 15.1 Å². The van der Waals surface area contributed by atoms with Gasteiger partial charge in [-0.15, -0.1) is 10.2 Å². The fourth-order valence-electron chi connectivity index (χ4n) is 3.43. The number of carbonyl (C=O) groups excluding carboxylic acids is 1. The van der Waals surface area contributed by atoms with Gasteiger partial charge in [0.15, 0.2) is 21.3 Å². The highest BCUT2D eigenvalue weighted by Gasteiger charge is 2.34. The topological polar surface area (TPSA) is 112 Å². The number of rotatable bonds is 9. The lowest BCUT2D eigenvalue weighted by Gasteiger charge is -2.29. The van der Waals surface area contributed by atoms with Gasteiger partial charge in [-0.3, -0.25) is 4.79 Å². The van der Waals surface area contributed by atoms with Gasteiger partial charge in [0.25, 0.3) is 5.22 Å². The number of sulfone groups is 1. The summed E-state index contributed by atoms with van der Waals surface area (Å²) in [5, 5.41) is 8.32. The Morgan fingerprint density at radius 1 is 1.26 bits per heavy atom. The summed E-state index contributed by atoms with van der Waals surface area (Å²) in [7, 11) is 0.0218. The molecule has 0 spiro atoms. The highest BCUT2D eigenvalue weighted by Crippen LogP contribution is 2.32. The van der Waals surface area contributed by atoms with Crippen LogP contribution in [0.1, 0.15) is 20.3 Å². The van der Waals surface area contributed by atoms with Crippen molar-refractivity contribution in [2.75, 3.05) is 38.0 Å². The maximum atomic E-state index is 12.9. The van der Waals surface area contributed by atoms with Crippen LogP contribution in [0.3, 0.4) is 0 Å². The van der Waals surface area contributed by atoms with Crippen molar-refractivity contribution >= 4 is 27.5 Å². The molecule has 1 aliphatic rings. The molecule has 0 saturated carbocycles. The minimum absolute atomic E-state index is 0.0279. The number of benzene rings is 1. The second-order valence-corrected chi connectivity index (χ2v) is 10.9. The van der Waals surface area contributed by atoms with E-state index in [1.54, 1.807) is 37.3 Å². The molecule has 1 unspecified atom stereocenters. The maximum Gasteiger partial charge on any atom is 0.277 e. The van der Waals surface area contributed by atoms with E-state index in [4.69, 9.17) is 13.9 Å². The quantitative estimate of drug-likeness (QED) is 0.511. The number of carbonyl (C=O) groups is 1. The third-order valence-corrected chi connectivity index (χ3v) is 7.44. The number of hydrogen-bond acceptors (Lipinski definition) is 9. The van der Waals surface area contributed by atoms with E-state index in [9.17, 15) is 13.2 Å². The van der Waals surface area contributed by atoms with Gasteiger partial charge in [0.2, 0.25) is 11.8 Å². The minimum atomic E-state index is -3.08. The average molecular weight is 470 g/mol. The first-order valence-corrected chi connectivity index (χ1v) is 12.7. The van der Waals surface area contributed by atoms with E-state index in [2.05, 4.69) is 10.2 Å². The SMILES string of the molecule is COc1ccc(-c2nnc(SCC(=O)N(CC(C)C)C3CCS(=O)(=O)C3)o2)cc1OC. The van der Waals surface area contributed by atoms with Crippen LogP contribution in [0.4, 0.5) is 0 Å². The zero-order chi connectivity index (χ0) is 22.6. The van der Waals surface area contributed by atoms with Crippen LogP contribution in [0, 0.1) is 5.92 Å². The molecule has 0 radical (unpaired) electrons. The standard InChI is InChI=1S/C20H27N3O6S2/c1-13(2)10-23(15-7-8-31(25,26)12-15)18(24)11-30-20-22-21-19(29-20)14-5-6-16(27-3)17(9-14)28-4/h5-6,9,13,15H,7-8,10-12H2,1-4H3. The zero-order valence-corrected chi connectivity index (χ0v) is 19.7. The minimum Gasteiger partial charge on any atom is -0.493 e. The lowest BCUT2D eigenvalue weighted by molar-refractivity contribution is -0.130. The van der Waals surface area contributed by atoms with Crippen LogP contribution in [0.25, 0.3) is 11.5 Å². The van der Waals surface area contributed by atoms with E-state index < -0.39 is 9.84 Å². The summed E-state index contributed by atoms with van der Waals surface area (Å²) in [5.74, 6) is 1.78. The van der Waals surface area contributed by atoms with Crippen LogP contribution in [0.5, 0.6) is 11.5 Å². The zero-order valence-electron chi connectivity index (χ0n) is 18.0. The molecule has 31 heavy (non-hydrogen) atoms. The van der Waals surface area contributed by atoms with Crippen molar-refractivity contribution in [2.24, 2.45) is 5.92 Å². The average Bonchev–Trinajstić information content (AvgIpc) is 3.35. The number of ether oxygens (including phenoxy) is 2. The molecule has 1 aromatic carbocycles. The number of methoxy groups -OCH3 is 2. The lowest BCUT2D eigenvalue weighted by Crippen LogP contribution is -2.44. The number of thioether (sulfide) groups is 1. The Kier molecular flexibility index (Phi) is 7.47. The van der Waals surface area contributed by atoms with E-state index in [0.29, 0.717) is 35.9 Å². The summed E-state index contributed by atoms with van der Waals surface area (Å²) in [5.41, 5.74) is 0.668. The lowest BCUT2D eigenvalue weighted by atomic mass is 10.1. The van der Waals surface area contributed by atoms with Gasteiger partial charge in [-0.1, -0.05) is 25.6 Å². The van der Waals surface area contributed by atoms with Gasteiger partial charge in [0.1, 0.15) is 0 Å². The molecule has 3 rings (SSSR count). The van der Waals surface area contributed by atoms with Gasteiger partial charge >= 0.3 is 0 Å². The summed E-state index contributed by atoms with van der Waals surface area (Å²) < 4.78 is 39.9. The summed E-state index contributed by atoms with van der Waals surface area (Å²) in [6, 6.07) is 4.98. The Bertz CT molecular complexity index is 1020. The second-order valence-electron chi connectivity index (χ2n) is 7.73. The van der Waals surface area contributed by atoms with Crippen LogP contribution in [-0.2, 0) is 14.6 Å². The van der Waals surface area contributed by atoms with Crippen molar-refractivity contribution < 1.29 is 27.1 Å². The first-order chi connectivity index (χ1) is 14.7. The van der Waals surface area contributed by atoms with Gasteiger partial charge in [0, 0.05) is 18.2 Å². The smallest absolute Gasteiger partial charge is 0.277 e. The van der Waals surface area contributed by atoms with E-state index in [-0.39, 0.29) is 40.3 Å². The second kappa shape index (κ2) is 9.90. The molecule has 0 bridgehead atoms. The fraction of sp³-hybridized carbons (Fsp3) is 0.550. The van der Waals surface area contributed by atoms with Crippen molar-refractivity contribution in [3.63, 3.8) is 0 Å². The molecule has 1 atom stereocenters. The molecule has 1 fully saturated rings. The number of aromatic nitrogens is 2. The number of amides is 1. The van der Waals surface area contributed by atoms with Gasteiger partial charge in [0.05, 0.1) is 31.5 Å². The first-order valence-electron chi connectivity index (χ1n) is 9.91. The first kappa shape index (κ1) is 23.4. The number of hydrogen-bond donors (Lipinski definition) is 0. The van der Waals surface area contributed by atoms with Gasteiger partial charge in [-0.25, -0.2) is 8.42 Å². The van der Waals surface area contributed by atoms with E-state index in [1.807, 2.05) is 13.8 Å². The molecule has 2 aromatic rings. The molecule has 11 heteroatoms. The number of nitrogens with zero attached hydrogens (tertiary/aromatic N) is 3. The Labute approximate surface area is 186 Å². The maximum absolute atomic E-state index is 12.9. The monoisotopic (exact) mass is 469 g/mol. The van der Waals surface area contributed by atoms with E-state index in [0.717, 1.165) is 11.8 Å². The summed E-state index contributed by atoms with van der Waals surface area (Å²) in [6.07, 6.45) is 0.482. The van der Waals surface area contributed by atoms with Crippen molar-refractivity contribution in [1.29, 1.82) is 0 Å². The van der Waals surface area contributed by atoms with Crippen LogP contribution >= 0.6 is 11.8 Å². The highest BCUT2D eigenvalue weighted by atomic mass is 32.2. The van der Waals surface area contributed by atoms with Crippen LogP contribution in [0.15, 0.2) is 27.8 Å². The molecule has 2 heterocycles. The third-order valence-electron chi connectivity index (χ3n) is 4.89. The molecule has 1 amide bonds. The largest absolute Gasteiger partial charge is 0.493 e. The normalized spacial score (nSPS) is 17.6. The Morgan fingerprint density at radius 2 is 2.00 bits per heavy atom. The predicted octanol–water partition coefficient (Wildman–Crippen LogP) is 2.52. The van der Waals surface area contributed by atoms with E-state index in [1.165, 1.54) is 0 Å². The molecular formula is C20H27N3O6S2. The molecule has 170 valence electrons. The third kappa shape index (κ3) is 5.91. The van der Waals surface area contributed by atoms with Crippen LogP contribution < -0.4 is 9.47 Å². The van der Waals surface area contributed by atoms with Crippen LogP contribution in [0.2, 0.25) is 0 Å². The molecule has 0 N–H and O–H groups in total. The molecule has 9 nitrogen and oxygen atoms in total. The fourth-order valence-corrected chi connectivity index (χ4v) is 5.81. The van der Waals surface area contributed by atoms with E-state index >= 15 is 0 Å². The summed E-state index contributed by atoms with van der Waals surface area (Å²) in [6.45, 7) is 4.52. The Morgan fingerprint density at radius 3 is 2.61 bits per heavy atom. The molecule has 0 aliphatic carbocycles. The molecular weight excluding hydrogens is 442 g/mol. The Balaban J connectivity index is 1.66. The van der Waals surface area contributed by atoms with Crippen molar-refractivity contribution in [2.45, 2.75) is 31.5 Å². The summed E-state index contributed by atoms with van der Waals surface area (Å²) in [4.78, 5) is 14.6. The molecule has 1 aliphatic heterocycles. The Hall–Kier alpha value is -2.27. The summed E-state index contributed by atoms with van der Waals surface area (Å²) >= 11 is 1.14. The van der Waals surface area contributed by atoms with Crippen LogP contribution in [-0.4, -0.2) is 73.5 Å². The van der Waals surface area contributed by atoms with Crippen molar-refractivity contribution in [3.8, 4) is 23.0 Å². The molecule has 1 saturated heterocycles.